The summed E-state index contributed by atoms with van der Waals surface area (Å²) >= 11 is 0. The maximum absolute atomic E-state index is 12.7. The van der Waals surface area contributed by atoms with Gasteiger partial charge in [-0.1, -0.05) is 30.3 Å². The molecule has 10 heteroatoms. The van der Waals surface area contributed by atoms with Gasteiger partial charge in [-0.05, 0) is 23.8 Å². The molecule has 2 aromatic carbocycles. The first-order valence-electron chi connectivity index (χ1n) is 8.86. The number of aromatic nitrogens is 1. The first kappa shape index (κ1) is 19.4. The molecule has 1 aliphatic rings. The minimum absolute atomic E-state index is 0.115. The van der Waals surface area contributed by atoms with E-state index in [0.29, 0.717) is 5.89 Å². The maximum Gasteiger partial charge on any atom is 0.287 e. The number of nitrogens with zero attached hydrogens (tertiary/aromatic N) is 3. The Labute approximate surface area is 172 Å². The van der Waals surface area contributed by atoms with Gasteiger partial charge in [0.25, 0.3) is 15.9 Å². The molecule has 4 rings (SSSR count). The molecule has 30 heavy (non-hydrogen) atoms. The van der Waals surface area contributed by atoms with Gasteiger partial charge in [0.2, 0.25) is 11.7 Å². The van der Waals surface area contributed by atoms with Crippen molar-refractivity contribution in [3.05, 3.63) is 78.0 Å². The highest BCUT2D eigenvalue weighted by molar-refractivity contribution is 7.90. The predicted octanol–water partition coefficient (Wildman–Crippen LogP) is 2.01. The fourth-order valence-corrected chi connectivity index (χ4v) is 4.18. The highest BCUT2D eigenvalue weighted by atomic mass is 32.2. The molecule has 0 saturated carbocycles. The summed E-state index contributed by atoms with van der Waals surface area (Å²) in [6, 6.07) is 15.3. The number of amidine groups is 1. The average molecular weight is 421 g/mol. The van der Waals surface area contributed by atoms with Crippen LogP contribution in [0.25, 0.3) is 0 Å². The molecule has 1 aromatic heterocycles. The third-order valence-electron chi connectivity index (χ3n) is 4.49. The first-order valence-corrected chi connectivity index (χ1v) is 10.3. The molecule has 1 aliphatic heterocycles. The number of benzene rings is 2. The number of hydrogen-bond donors (Lipinski definition) is 2. The van der Waals surface area contributed by atoms with Gasteiger partial charge in [-0.25, -0.2) is 4.98 Å². The van der Waals surface area contributed by atoms with Crippen LogP contribution in [0.4, 0.5) is 5.69 Å². The first-order chi connectivity index (χ1) is 14.5. The van der Waals surface area contributed by atoms with Gasteiger partial charge in [-0.3, -0.25) is 4.79 Å². The lowest BCUT2D eigenvalue weighted by Crippen LogP contribution is -2.40. The van der Waals surface area contributed by atoms with Crippen LogP contribution in [0, 0.1) is 11.3 Å². The second-order valence-corrected chi connectivity index (χ2v) is 7.98. The highest BCUT2D eigenvalue weighted by Crippen LogP contribution is 2.28. The number of oxazole rings is 1. The normalized spacial score (nSPS) is 15.1. The molecule has 150 valence electrons. The van der Waals surface area contributed by atoms with Gasteiger partial charge in [0, 0.05) is 6.54 Å². The zero-order valence-electron chi connectivity index (χ0n) is 15.4. The van der Waals surface area contributed by atoms with E-state index >= 15 is 0 Å². The van der Waals surface area contributed by atoms with Crippen LogP contribution in [0.2, 0.25) is 0 Å². The zero-order chi connectivity index (χ0) is 21.1. The molecule has 2 heterocycles. The topological polar surface area (TPSA) is 137 Å². The Balaban J connectivity index is 1.55. The lowest BCUT2D eigenvalue weighted by Gasteiger charge is -2.19. The van der Waals surface area contributed by atoms with Crippen molar-refractivity contribution in [3.63, 3.8) is 0 Å². The van der Waals surface area contributed by atoms with Crippen molar-refractivity contribution in [1.82, 2.24) is 10.3 Å². The number of amides is 1. The summed E-state index contributed by atoms with van der Waals surface area (Å²) < 4.78 is 33.9. The minimum atomic E-state index is -4.12. The van der Waals surface area contributed by atoms with Gasteiger partial charge < -0.3 is 15.1 Å². The maximum atomic E-state index is 12.7. The standard InChI is InChI=1S/C20H15N5O4S/c21-11-13-6-7-16-17(10-13)30(27,28)25-18(24-16)19(26)23-12-15(20-22-8-9-29-20)14-4-2-1-3-5-14/h1-10,15H,12H2,(H,23,26)(H,24,25). The average Bonchev–Trinajstić information content (AvgIpc) is 3.28. The van der Waals surface area contributed by atoms with Crippen LogP contribution in [0.1, 0.15) is 22.9 Å². The Kier molecular flexibility index (Phi) is 5.04. The van der Waals surface area contributed by atoms with Gasteiger partial charge in [-0.2, -0.15) is 13.7 Å². The Morgan fingerprint density at radius 3 is 2.73 bits per heavy atom. The summed E-state index contributed by atoms with van der Waals surface area (Å²) in [5.41, 5.74) is 1.24. The van der Waals surface area contributed by atoms with E-state index in [0.717, 1.165) is 5.56 Å². The summed E-state index contributed by atoms with van der Waals surface area (Å²) in [4.78, 5) is 16.7. The Morgan fingerprint density at radius 1 is 1.23 bits per heavy atom. The van der Waals surface area contributed by atoms with Crippen LogP contribution in [-0.2, 0) is 14.8 Å². The van der Waals surface area contributed by atoms with E-state index in [9.17, 15) is 13.2 Å². The van der Waals surface area contributed by atoms with Crippen LogP contribution in [0.3, 0.4) is 0 Å². The lowest BCUT2D eigenvalue weighted by atomic mass is 9.99. The number of hydrogen-bond acceptors (Lipinski definition) is 7. The summed E-state index contributed by atoms with van der Waals surface area (Å²) in [6.07, 6.45) is 2.96. The van der Waals surface area contributed by atoms with Gasteiger partial charge in [0.05, 0.1) is 29.4 Å². The molecule has 0 spiro atoms. The number of anilines is 1. The monoisotopic (exact) mass is 421 g/mol. The zero-order valence-corrected chi connectivity index (χ0v) is 16.3. The lowest BCUT2D eigenvalue weighted by molar-refractivity contribution is -0.114. The van der Waals surface area contributed by atoms with E-state index in [1.807, 2.05) is 36.4 Å². The number of carbonyl (C=O) groups excluding carboxylic acids is 1. The quantitative estimate of drug-likeness (QED) is 0.643. The largest absolute Gasteiger partial charge is 0.448 e. The molecule has 1 atom stereocenters. The third-order valence-corrected chi connectivity index (χ3v) is 5.80. The Bertz CT molecular complexity index is 1260. The number of nitrogens with one attached hydrogen (secondary N) is 2. The molecule has 3 aromatic rings. The van der Waals surface area contributed by atoms with E-state index in [-0.39, 0.29) is 34.4 Å². The number of fused-ring (bicyclic) bond motifs is 1. The Morgan fingerprint density at radius 2 is 2.03 bits per heavy atom. The van der Waals surface area contributed by atoms with Crippen molar-refractivity contribution in [2.45, 2.75) is 10.8 Å². The molecule has 0 radical (unpaired) electrons. The van der Waals surface area contributed by atoms with Crippen molar-refractivity contribution >= 4 is 27.5 Å². The third kappa shape index (κ3) is 3.78. The van der Waals surface area contributed by atoms with Crippen molar-refractivity contribution in [1.29, 1.82) is 5.26 Å². The number of sulfonamides is 1. The smallest absolute Gasteiger partial charge is 0.287 e. The van der Waals surface area contributed by atoms with Gasteiger partial charge in [-0.15, -0.1) is 4.40 Å². The number of nitriles is 1. The molecular weight excluding hydrogens is 406 g/mol. The summed E-state index contributed by atoms with van der Waals surface area (Å²) in [5.74, 6) is -0.994. The molecule has 9 nitrogen and oxygen atoms in total. The van der Waals surface area contributed by atoms with Crippen molar-refractivity contribution in [2.24, 2.45) is 4.40 Å². The molecule has 0 fully saturated rings. The van der Waals surface area contributed by atoms with Crippen LogP contribution in [-0.4, -0.2) is 31.7 Å². The number of rotatable bonds is 5. The van der Waals surface area contributed by atoms with Crippen molar-refractivity contribution in [2.75, 3.05) is 11.9 Å². The van der Waals surface area contributed by atoms with Crippen molar-refractivity contribution < 1.29 is 17.6 Å². The molecule has 0 aliphatic carbocycles. The van der Waals surface area contributed by atoms with E-state index in [4.69, 9.17) is 9.68 Å². The number of carbonyl (C=O) groups is 1. The van der Waals surface area contributed by atoms with E-state index < -0.39 is 15.9 Å². The predicted molar refractivity (Wildman–Crippen MR) is 107 cm³/mol. The summed E-state index contributed by atoms with van der Waals surface area (Å²) in [6.45, 7) is 0.115. The van der Waals surface area contributed by atoms with Crippen LogP contribution >= 0.6 is 0 Å². The SMILES string of the molecule is N#Cc1ccc2c(c1)S(=O)(=O)N=C(C(=O)NCC(c1ccccc1)c1ncco1)N2. The molecule has 1 amide bonds. The molecule has 0 bridgehead atoms. The molecule has 2 N–H and O–H groups in total. The van der Waals surface area contributed by atoms with Crippen LogP contribution < -0.4 is 10.6 Å². The van der Waals surface area contributed by atoms with Crippen LogP contribution in [0.5, 0.6) is 0 Å². The van der Waals surface area contributed by atoms with Crippen molar-refractivity contribution in [3.8, 4) is 6.07 Å². The van der Waals surface area contributed by atoms with Gasteiger partial charge in [0.15, 0.2) is 0 Å². The molecular formula is C20H15N5O4S. The van der Waals surface area contributed by atoms with Gasteiger partial charge in [0.1, 0.15) is 11.2 Å². The molecule has 1 unspecified atom stereocenters. The summed E-state index contributed by atoms with van der Waals surface area (Å²) in [5, 5.41) is 14.4. The summed E-state index contributed by atoms with van der Waals surface area (Å²) in [7, 11) is -4.12. The van der Waals surface area contributed by atoms with E-state index in [1.165, 1.54) is 30.7 Å². The molecule has 0 saturated heterocycles. The minimum Gasteiger partial charge on any atom is -0.448 e. The fourth-order valence-electron chi connectivity index (χ4n) is 3.04. The Hall–Kier alpha value is -3.97. The van der Waals surface area contributed by atoms with E-state index in [2.05, 4.69) is 20.0 Å². The second-order valence-electron chi connectivity index (χ2n) is 6.41. The van der Waals surface area contributed by atoms with Crippen LogP contribution in [0.15, 0.2) is 74.7 Å². The van der Waals surface area contributed by atoms with Gasteiger partial charge >= 0.3 is 0 Å². The van der Waals surface area contributed by atoms with E-state index in [1.54, 1.807) is 0 Å². The highest BCUT2D eigenvalue weighted by Gasteiger charge is 2.29. The fraction of sp³-hybridized carbons (Fsp3) is 0.100. The second kappa shape index (κ2) is 7.81.